The van der Waals surface area contributed by atoms with Crippen molar-refractivity contribution in [3.63, 3.8) is 0 Å². The largest absolute Gasteiger partial charge is 0.456 e. The number of amides is 4. The molecule has 4 amide bonds. The number of urea groups is 1. The Kier molecular flexibility index (Phi) is 12.1. The molecule has 0 saturated carbocycles. The number of carbonyl (C=O) groups is 4. The lowest BCUT2D eigenvalue weighted by Crippen LogP contribution is -2.45. The molecule has 1 rings (SSSR count). The summed E-state index contributed by atoms with van der Waals surface area (Å²) in [5, 5.41) is 6.92. The van der Waals surface area contributed by atoms with E-state index in [0.29, 0.717) is 12.1 Å². The highest BCUT2D eigenvalue weighted by molar-refractivity contribution is 7.18. The fraction of sp³-hybridized carbons (Fsp3) is 0.667. The summed E-state index contributed by atoms with van der Waals surface area (Å²) in [5.41, 5.74) is 2.25. The van der Waals surface area contributed by atoms with Crippen molar-refractivity contribution in [1.82, 2.24) is 15.8 Å². The Balaban J connectivity index is 3.05. The van der Waals surface area contributed by atoms with Gasteiger partial charge in [0.2, 0.25) is 5.91 Å². The third-order valence-corrected chi connectivity index (χ3v) is 6.04. The van der Waals surface area contributed by atoms with Crippen molar-refractivity contribution >= 4 is 40.2 Å². The molecular formula is C24H40N4O5S. The molecule has 0 aliphatic rings. The standard InChI is InChI=1S/C24H40N4O5S/c1-8-10-11-12-13-14-15-25-23(32)26-20-18(22(31)33-24(5,6)7)16(3)19(34-20)21(30)28(9-2)27-17(4)29/h8-15H2,1-7H3,(H,27,29)(H2,25,26,32). The summed E-state index contributed by atoms with van der Waals surface area (Å²) < 4.78 is 5.52. The van der Waals surface area contributed by atoms with Crippen LogP contribution in [-0.4, -0.2) is 47.5 Å². The molecule has 10 heteroatoms. The SMILES string of the molecule is CCCCCCCCNC(=O)Nc1sc(C(=O)N(CC)NC(C)=O)c(C)c1C(=O)OC(C)(C)C. The van der Waals surface area contributed by atoms with E-state index in [2.05, 4.69) is 23.0 Å². The number of rotatable bonds is 11. The molecule has 0 aliphatic heterocycles. The first-order valence-corrected chi connectivity index (χ1v) is 12.7. The van der Waals surface area contributed by atoms with Crippen LogP contribution in [0.15, 0.2) is 0 Å². The third-order valence-electron chi connectivity index (χ3n) is 4.84. The molecule has 0 aromatic carbocycles. The zero-order valence-electron chi connectivity index (χ0n) is 21.6. The molecule has 34 heavy (non-hydrogen) atoms. The van der Waals surface area contributed by atoms with Gasteiger partial charge in [-0.15, -0.1) is 11.3 Å². The number of hydrogen-bond acceptors (Lipinski definition) is 6. The highest BCUT2D eigenvalue weighted by atomic mass is 32.1. The van der Waals surface area contributed by atoms with E-state index in [9.17, 15) is 19.2 Å². The molecule has 0 atom stereocenters. The Bertz CT molecular complexity index is 860. The summed E-state index contributed by atoms with van der Waals surface area (Å²) in [4.78, 5) is 50.2. The second kappa shape index (κ2) is 13.9. The number of nitrogens with zero attached hydrogens (tertiary/aromatic N) is 1. The quantitative estimate of drug-likeness (QED) is 0.226. The van der Waals surface area contributed by atoms with Crippen molar-refractivity contribution in [2.75, 3.05) is 18.4 Å². The number of anilines is 1. The van der Waals surface area contributed by atoms with E-state index in [1.165, 1.54) is 31.2 Å². The molecule has 1 aromatic heterocycles. The highest BCUT2D eigenvalue weighted by Gasteiger charge is 2.30. The average Bonchev–Trinajstić information content (AvgIpc) is 3.05. The Morgan fingerprint density at radius 1 is 1.00 bits per heavy atom. The molecule has 0 bridgehead atoms. The van der Waals surface area contributed by atoms with Crippen molar-refractivity contribution < 1.29 is 23.9 Å². The number of hydrazine groups is 1. The fourth-order valence-electron chi connectivity index (χ4n) is 3.22. The van der Waals surface area contributed by atoms with Gasteiger partial charge in [-0.3, -0.25) is 20.3 Å². The third kappa shape index (κ3) is 9.70. The number of carbonyl (C=O) groups excluding carboxylic acids is 4. The Hall–Kier alpha value is -2.62. The van der Waals surface area contributed by atoms with Crippen molar-refractivity contribution in [3.05, 3.63) is 16.0 Å². The first-order valence-electron chi connectivity index (χ1n) is 11.9. The molecule has 1 aromatic rings. The van der Waals surface area contributed by atoms with E-state index in [0.717, 1.165) is 30.6 Å². The van der Waals surface area contributed by atoms with Gasteiger partial charge in [0.05, 0.1) is 10.4 Å². The number of ether oxygens (including phenoxy) is 1. The fourth-order valence-corrected chi connectivity index (χ4v) is 4.36. The van der Waals surface area contributed by atoms with E-state index in [1.807, 2.05) is 0 Å². The van der Waals surface area contributed by atoms with Crippen molar-refractivity contribution in [3.8, 4) is 0 Å². The Morgan fingerprint density at radius 3 is 2.18 bits per heavy atom. The maximum Gasteiger partial charge on any atom is 0.341 e. The minimum atomic E-state index is -0.751. The minimum Gasteiger partial charge on any atom is -0.456 e. The van der Waals surface area contributed by atoms with E-state index in [1.54, 1.807) is 34.6 Å². The van der Waals surface area contributed by atoms with Crippen LogP contribution in [-0.2, 0) is 9.53 Å². The van der Waals surface area contributed by atoms with Crippen LogP contribution in [0.4, 0.5) is 9.80 Å². The molecule has 3 N–H and O–H groups in total. The van der Waals surface area contributed by atoms with Crippen LogP contribution in [0, 0.1) is 6.92 Å². The molecule has 0 radical (unpaired) electrons. The molecule has 192 valence electrons. The van der Waals surface area contributed by atoms with Crippen LogP contribution < -0.4 is 16.1 Å². The van der Waals surface area contributed by atoms with Crippen molar-refractivity contribution in [1.29, 1.82) is 0 Å². The van der Waals surface area contributed by atoms with Gasteiger partial charge in [0.25, 0.3) is 5.91 Å². The lowest BCUT2D eigenvalue weighted by molar-refractivity contribution is -0.122. The monoisotopic (exact) mass is 496 g/mol. The molecule has 0 aliphatic carbocycles. The number of nitrogens with one attached hydrogen (secondary N) is 3. The molecule has 1 heterocycles. The predicted octanol–water partition coefficient (Wildman–Crippen LogP) is 5.01. The van der Waals surface area contributed by atoms with Crippen LogP contribution in [0.25, 0.3) is 0 Å². The molecule has 0 fully saturated rings. The predicted molar refractivity (Wildman–Crippen MR) is 135 cm³/mol. The van der Waals surface area contributed by atoms with Gasteiger partial charge in [0, 0.05) is 20.0 Å². The lowest BCUT2D eigenvalue weighted by atomic mass is 10.1. The minimum absolute atomic E-state index is 0.136. The maximum absolute atomic E-state index is 13.1. The van der Waals surface area contributed by atoms with Crippen LogP contribution >= 0.6 is 11.3 Å². The molecular weight excluding hydrogens is 456 g/mol. The van der Waals surface area contributed by atoms with Gasteiger partial charge < -0.3 is 10.1 Å². The second-order valence-electron chi connectivity index (χ2n) is 9.13. The lowest BCUT2D eigenvalue weighted by Gasteiger charge is -2.21. The van der Waals surface area contributed by atoms with E-state index in [4.69, 9.17) is 4.74 Å². The molecule has 0 unspecified atom stereocenters. The second-order valence-corrected chi connectivity index (χ2v) is 10.1. The number of esters is 1. The van der Waals surface area contributed by atoms with Crippen LogP contribution in [0.2, 0.25) is 0 Å². The van der Waals surface area contributed by atoms with Crippen molar-refractivity contribution in [2.24, 2.45) is 0 Å². The van der Waals surface area contributed by atoms with Gasteiger partial charge in [-0.1, -0.05) is 39.0 Å². The summed E-state index contributed by atoms with van der Waals surface area (Å²) >= 11 is 0.985. The summed E-state index contributed by atoms with van der Waals surface area (Å²) in [7, 11) is 0. The van der Waals surface area contributed by atoms with Crippen molar-refractivity contribution in [2.45, 2.75) is 92.6 Å². The van der Waals surface area contributed by atoms with Gasteiger partial charge in [0.15, 0.2) is 0 Å². The number of unbranched alkanes of at least 4 members (excludes halogenated alkanes) is 5. The molecule has 0 spiro atoms. The average molecular weight is 497 g/mol. The normalized spacial score (nSPS) is 11.0. The van der Waals surface area contributed by atoms with Gasteiger partial charge in [0.1, 0.15) is 10.6 Å². The van der Waals surface area contributed by atoms with E-state index < -0.39 is 23.5 Å². The summed E-state index contributed by atoms with van der Waals surface area (Å²) in [5.74, 6) is -1.48. The first-order chi connectivity index (χ1) is 15.9. The zero-order chi connectivity index (χ0) is 25.9. The Labute approximate surface area is 207 Å². The smallest absolute Gasteiger partial charge is 0.341 e. The van der Waals surface area contributed by atoms with E-state index in [-0.39, 0.29) is 27.9 Å². The van der Waals surface area contributed by atoms with E-state index >= 15 is 0 Å². The van der Waals surface area contributed by atoms with Gasteiger partial charge >= 0.3 is 12.0 Å². The number of thiophene rings is 1. The van der Waals surface area contributed by atoms with Crippen LogP contribution in [0.1, 0.15) is 106 Å². The zero-order valence-corrected chi connectivity index (χ0v) is 22.4. The van der Waals surface area contributed by atoms with Gasteiger partial charge in [-0.05, 0) is 46.6 Å². The first kappa shape index (κ1) is 29.4. The summed E-state index contributed by atoms with van der Waals surface area (Å²) in [6, 6.07) is -0.451. The summed E-state index contributed by atoms with van der Waals surface area (Å²) in [6.07, 6.45) is 6.64. The topological polar surface area (TPSA) is 117 Å². The number of hydrogen-bond donors (Lipinski definition) is 3. The van der Waals surface area contributed by atoms with Gasteiger partial charge in [-0.2, -0.15) is 0 Å². The summed E-state index contributed by atoms with van der Waals surface area (Å²) in [6.45, 7) is 12.8. The molecule has 0 saturated heterocycles. The molecule has 9 nitrogen and oxygen atoms in total. The highest BCUT2D eigenvalue weighted by Crippen LogP contribution is 2.35. The van der Waals surface area contributed by atoms with Crippen LogP contribution in [0.3, 0.4) is 0 Å². The Morgan fingerprint density at radius 2 is 1.62 bits per heavy atom. The van der Waals surface area contributed by atoms with Gasteiger partial charge in [-0.25, -0.2) is 14.6 Å². The maximum atomic E-state index is 13.1. The van der Waals surface area contributed by atoms with Crippen LogP contribution in [0.5, 0.6) is 0 Å².